The van der Waals surface area contributed by atoms with Crippen LogP contribution in [0.15, 0.2) is 30.6 Å². The number of rotatable bonds is 1. The van der Waals surface area contributed by atoms with Gasteiger partial charge in [0.25, 0.3) is 5.91 Å². The Morgan fingerprint density at radius 2 is 2.18 bits per heavy atom. The topological polar surface area (TPSA) is 50.1 Å². The normalized spacial score (nSPS) is 26.1. The average Bonchev–Trinajstić information content (AvgIpc) is 2.75. The molecule has 0 unspecified atom stereocenters. The van der Waals surface area contributed by atoms with Gasteiger partial charge in [0.2, 0.25) is 0 Å². The van der Waals surface area contributed by atoms with Gasteiger partial charge >= 0.3 is 0 Å². The first-order valence-corrected chi connectivity index (χ1v) is 7.71. The van der Waals surface area contributed by atoms with E-state index in [4.69, 9.17) is 4.74 Å². The van der Waals surface area contributed by atoms with E-state index < -0.39 is 0 Å². The fraction of sp³-hybridized carbons (Fsp3) is 0.500. The molecule has 0 saturated carbocycles. The lowest BCUT2D eigenvalue weighted by molar-refractivity contribution is 0.0480. The third-order valence-electron chi connectivity index (χ3n) is 4.50. The summed E-state index contributed by atoms with van der Waals surface area (Å²) < 4.78 is 7.63. The zero-order valence-electron chi connectivity index (χ0n) is 12.7. The lowest BCUT2D eigenvalue weighted by Gasteiger charge is -2.29. The largest absolute Gasteiger partial charge is 0.379 e. The van der Waals surface area contributed by atoms with E-state index in [1.807, 2.05) is 39.9 Å². The molecular formula is C16H20N4O2. The summed E-state index contributed by atoms with van der Waals surface area (Å²) in [5, 5.41) is 0. The van der Waals surface area contributed by atoms with Gasteiger partial charge in [-0.1, -0.05) is 6.07 Å². The molecule has 6 nitrogen and oxygen atoms in total. The van der Waals surface area contributed by atoms with Crippen molar-refractivity contribution in [2.24, 2.45) is 5.92 Å². The Hall–Kier alpha value is -1.92. The molecule has 0 N–H and O–H groups in total. The third-order valence-corrected chi connectivity index (χ3v) is 4.50. The van der Waals surface area contributed by atoms with Crippen LogP contribution in [0.25, 0.3) is 5.65 Å². The van der Waals surface area contributed by atoms with Gasteiger partial charge in [0.05, 0.1) is 19.3 Å². The second kappa shape index (κ2) is 5.37. The van der Waals surface area contributed by atoms with E-state index in [0.717, 1.165) is 31.9 Å². The van der Waals surface area contributed by atoms with Crippen LogP contribution in [0.5, 0.6) is 0 Å². The van der Waals surface area contributed by atoms with E-state index in [0.29, 0.717) is 18.2 Å². The van der Waals surface area contributed by atoms with Crippen LogP contribution in [0, 0.1) is 5.92 Å². The maximum Gasteiger partial charge on any atom is 0.274 e. The average molecular weight is 300 g/mol. The molecule has 2 aliphatic heterocycles. The highest BCUT2D eigenvalue weighted by Crippen LogP contribution is 2.21. The summed E-state index contributed by atoms with van der Waals surface area (Å²) in [6.45, 7) is 3.93. The summed E-state index contributed by atoms with van der Waals surface area (Å²) in [4.78, 5) is 21.7. The maximum atomic E-state index is 12.9. The Morgan fingerprint density at radius 3 is 3.05 bits per heavy atom. The number of likely N-dealkylation sites (N-methyl/N-ethyl adjacent to an activating group) is 1. The van der Waals surface area contributed by atoms with Crippen LogP contribution in [0.1, 0.15) is 10.5 Å². The second-order valence-corrected chi connectivity index (χ2v) is 6.33. The Morgan fingerprint density at radius 1 is 1.27 bits per heavy atom. The Labute approximate surface area is 129 Å². The molecule has 4 heterocycles. The Kier molecular flexibility index (Phi) is 3.35. The zero-order valence-corrected chi connectivity index (χ0v) is 12.7. The first kappa shape index (κ1) is 13.7. The number of hydrogen-bond donors (Lipinski definition) is 0. The molecule has 2 aromatic rings. The fourth-order valence-electron chi connectivity index (χ4n) is 3.51. The highest BCUT2D eigenvalue weighted by atomic mass is 16.5. The smallest absolute Gasteiger partial charge is 0.274 e. The Balaban J connectivity index is 1.66. The van der Waals surface area contributed by atoms with Gasteiger partial charge in [-0.25, -0.2) is 4.98 Å². The number of hydrogen-bond acceptors (Lipinski definition) is 4. The predicted octanol–water partition coefficient (Wildman–Crippen LogP) is 0.737. The first-order valence-electron chi connectivity index (χ1n) is 7.71. The molecule has 0 aromatic carbocycles. The summed E-state index contributed by atoms with van der Waals surface area (Å²) in [5.74, 6) is 0.387. The maximum absolute atomic E-state index is 12.9. The molecule has 2 fully saturated rings. The van der Waals surface area contributed by atoms with Crippen LogP contribution >= 0.6 is 0 Å². The molecular weight excluding hydrogens is 280 g/mol. The van der Waals surface area contributed by atoms with Crippen LogP contribution in [-0.4, -0.2) is 71.0 Å². The van der Waals surface area contributed by atoms with Crippen molar-refractivity contribution < 1.29 is 9.53 Å². The van der Waals surface area contributed by atoms with E-state index in [2.05, 4.69) is 16.9 Å². The molecule has 1 amide bonds. The van der Waals surface area contributed by atoms with Gasteiger partial charge in [0, 0.05) is 37.9 Å². The highest BCUT2D eigenvalue weighted by Gasteiger charge is 2.35. The van der Waals surface area contributed by atoms with Crippen molar-refractivity contribution in [2.45, 2.75) is 6.04 Å². The van der Waals surface area contributed by atoms with Crippen molar-refractivity contribution in [3.63, 3.8) is 0 Å². The lowest BCUT2D eigenvalue weighted by atomic mass is 10.1. The lowest BCUT2D eigenvalue weighted by Crippen LogP contribution is -2.46. The van der Waals surface area contributed by atoms with Gasteiger partial charge in [0.1, 0.15) is 11.3 Å². The molecule has 2 atom stereocenters. The number of nitrogens with zero attached hydrogens (tertiary/aromatic N) is 4. The van der Waals surface area contributed by atoms with Crippen molar-refractivity contribution in [2.75, 3.05) is 39.9 Å². The minimum atomic E-state index is 0.0134. The Bertz CT molecular complexity index is 665. The van der Waals surface area contributed by atoms with Crippen LogP contribution in [0.3, 0.4) is 0 Å². The molecule has 22 heavy (non-hydrogen) atoms. The van der Waals surface area contributed by atoms with Crippen molar-refractivity contribution in [3.8, 4) is 0 Å². The third kappa shape index (κ3) is 2.38. The fourth-order valence-corrected chi connectivity index (χ4v) is 3.51. The molecule has 116 valence electrons. The first-order chi connectivity index (χ1) is 10.7. The molecule has 6 heteroatoms. The summed E-state index contributed by atoms with van der Waals surface area (Å²) in [7, 11) is 2.12. The predicted molar refractivity (Wildman–Crippen MR) is 81.8 cm³/mol. The number of carbonyl (C=O) groups excluding carboxylic acids is 1. The molecule has 2 aromatic heterocycles. The second-order valence-electron chi connectivity index (χ2n) is 6.33. The van der Waals surface area contributed by atoms with E-state index in [-0.39, 0.29) is 11.9 Å². The molecule has 2 saturated heterocycles. The molecule has 2 aliphatic rings. The van der Waals surface area contributed by atoms with Crippen molar-refractivity contribution in [3.05, 3.63) is 36.3 Å². The number of carbonyl (C=O) groups is 1. The van der Waals surface area contributed by atoms with Gasteiger partial charge in [-0.15, -0.1) is 0 Å². The summed E-state index contributed by atoms with van der Waals surface area (Å²) in [6, 6.07) is 5.88. The number of pyridine rings is 1. The van der Waals surface area contributed by atoms with E-state index in [1.54, 1.807) is 0 Å². The van der Waals surface area contributed by atoms with Gasteiger partial charge in [-0.05, 0) is 19.2 Å². The van der Waals surface area contributed by atoms with Gasteiger partial charge in [0.15, 0.2) is 0 Å². The van der Waals surface area contributed by atoms with E-state index in [1.165, 1.54) is 0 Å². The van der Waals surface area contributed by atoms with Crippen LogP contribution < -0.4 is 0 Å². The van der Waals surface area contributed by atoms with Gasteiger partial charge in [-0.2, -0.15) is 0 Å². The minimum absolute atomic E-state index is 0.0134. The monoisotopic (exact) mass is 300 g/mol. The van der Waals surface area contributed by atoms with E-state index >= 15 is 0 Å². The molecule has 0 spiro atoms. The highest BCUT2D eigenvalue weighted by molar-refractivity contribution is 5.93. The zero-order chi connectivity index (χ0) is 15.1. The summed E-state index contributed by atoms with van der Waals surface area (Å²) >= 11 is 0. The van der Waals surface area contributed by atoms with Crippen molar-refractivity contribution in [1.29, 1.82) is 0 Å². The standard InChI is InChI=1S/C16H20N4O2/c1-18-6-12-7-20(13(8-18)11-22-10-12)16(21)14-9-19-5-3-2-4-15(19)17-14/h2-5,9,12-13H,6-8,10-11H2,1H3/t12-,13-/m0/s1. The number of amides is 1. The minimum Gasteiger partial charge on any atom is -0.379 e. The van der Waals surface area contributed by atoms with E-state index in [9.17, 15) is 4.79 Å². The molecule has 0 radical (unpaired) electrons. The number of ether oxygens (including phenoxy) is 1. The molecule has 4 rings (SSSR count). The summed E-state index contributed by atoms with van der Waals surface area (Å²) in [5.41, 5.74) is 1.32. The van der Waals surface area contributed by atoms with Crippen LogP contribution in [0.4, 0.5) is 0 Å². The molecule has 2 bridgehead atoms. The number of fused-ring (bicyclic) bond motifs is 4. The van der Waals surface area contributed by atoms with Crippen molar-refractivity contribution >= 4 is 11.6 Å². The number of imidazole rings is 1. The van der Waals surface area contributed by atoms with Crippen LogP contribution in [0.2, 0.25) is 0 Å². The van der Waals surface area contributed by atoms with Crippen LogP contribution in [-0.2, 0) is 4.74 Å². The SMILES string of the molecule is CN1C[C@@H]2COC[C@H](C1)N(C(=O)c1cn3ccccc3n1)C2. The van der Waals surface area contributed by atoms with Gasteiger partial charge in [-0.3, -0.25) is 4.79 Å². The number of aromatic nitrogens is 2. The van der Waals surface area contributed by atoms with Crippen molar-refractivity contribution in [1.82, 2.24) is 19.2 Å². The molecule has 0 aliphatic carbocycles. The summed E-state index contributed by atoms with van der Waals surface area (Å²) in [6.07, 6.45) is 3.73. The van der Waals surface area contributed by atoms with Gasteiger partial charge < -0.3 is 18.9 Å². The quantitative estimate of drug-likeness (QED) is 0.779.